The number of rotatable bonds is 14. The standard InChI is InChI=1S/C30H47FN6O2/c1-20(28-26(10-11-32)37(5)29(36-28)22-8-6-7-9-22)27(39)18-34-15-21-12-23(14-25(31)13-21)24(16-33-4)17-35-30(2,3)19-38/h10-14,17,20,22,29,33-36,38H,6-9,15-16,18-19,32H2,1-5H3/b11-10-,24-17+. The molecule has 0 radical (unpaired) electrons. The van der Waals surface area contributed by atoms with E-state index < -0.39 is 5.54 Å². The molecule has 2 atom stereocenters. The lowest BCUT2D eigenvalue weighted by Gasteiger charge is -2.29. The number of likely N-dealkylation sites (N-methyl/N-ethyl adjacent to an activating group) is 2. The van der Waals surface area contributed by atoms with Gasteiger partial charge in [-0.1, -0.05) is 12.8 Å². The number of halogens is 1. The van der Waals surface area contributed by atoms with E-state index in [0.29, 0.717) is 19.0 Å². The summed E-state index contributed by atoms with van der Waals surface area (Å²) in [7, 11) is 3.89. The molecule has 0 amide bonds. The van der Waals surface area contributed by atoms with Gasteiger partial charge in [-0.25, -0.2) is 4.39 Å². The van der Waals surface area contributed by atoms with Crippen LogP contribution in [0.25, 0.3) is 5.57 Å². The van der Waals surface area contributed by atoms with Crippen LogP contribution in [0.15, 0.2) is 48.1 Å². The van der Waals surface area contributed by atoms with Crippen molar-refractivity contribution < 1.29 is 14.3 Å². The average molecular weight is 543 g/mol. The topological polar surface area (TPSA) is 115 Å². The smallest absolute Gasteiger partial charge is 0.155 e. The van der Waals surface area contributed by atoms with Crippen LogP contribution >= 0.6 is 0 Å². The molecule has 1 aliphatic carbocycles. The lowest BCUT2D eigenvalue weighted by molar-refractivity contribution is -0.120. The summed E-state index contributed by atoms with van der Waals surface area (Å²) in [5.74, 6) is -0.0505. The van der Waals surface area contributed by atoms with Gasteiger partial charge >= 0.3 is 0 Å². The molecular formula is C30H47FN6O2. The zero-order valence-corrected chi connectivity index (χ0v) is 24.1. The Labute approximate surface area is 233 Å². The molecule has 7 N–H and O–H groups in total. The number of nitrogens with one attached hydrogen (secondary N) is 4. The Balaban J connectivity index is 1.66. The van der Waals surface area contributed by atoms with Gasteiger partial charge in [0.1, 0.15) is 12.0 Å². The number of aliphatic hydroxyl groups excluding tert-OH is 1. The number of carbonyl (C=O) groups excluding carboxylic acids is 1. The van der Waals surface area contributed by atoms with E-state index in [1.807, 2.05) is 46.2 Å². The van der Waals surface area contributed by atoms with Crippen LogP contribution in [0.2, 0.25) is 0 Å². The molecule has 1 aromatic carbocycles. The van der Waals surface area contributed by atoms with Crippen molar-refractivity contribution in [2.24, 2.45) is 17.6 Å². The molecule has 0 bridgehead atoms. The zero-order valence-electron chi connectivity index (χ0n) is 24.1. The van der Waals surface area contributed by atoms with E-state index in [1.165, 1.54) is 44.0 Å². The van der Waals surface area contributed by atoms with Gasteiger partial charge in [-0.3, -0.25) is 4.79 Å². The number of aliphatic hydroxyl groups is 1. The van der Waals surface area contributed by atoms with Gasteiger partial charge in [-0.05, 0) is 93.8 Å². The first-order valence-electron chi connectivity index (χ1n) is 14.0. The van der Waals surface area contributed by atoms with Gasteiger partial charge < -0.3 is 37.0 Å². The quantitative estimate of drug-likeness (QED) is 0.213. The van der Waals surface area contributed by atoms with E-state index in [2.05, 4.69) is 33.2 Å². The van der Waals surface area contributed by atoms with Gasteiger partial charge in [0.25, 0.3) is 0 Å². The van der Waals surface area contributed by atoms with Gasteiger partial charge in [0.15, 0.2) is 5.78 Å². The fourth-order valence-corrected chi connectivity index (χ4v) is 5.36. The number of nitrogens with zero attached hydrogens (tertiary/aromatic N) is 1. The van der Waals surface area contributed by atoms with Crippen LogP contribution in [0, 0.1) is 17.7 Å². The molecule has 1 fully saturated rings. The van der Waals surface area contributed by atoms with Crippen molar-refractivity contribution in [1.82, 2.24) is 26.2 Å². The summed E-state index contributed by atoms with van der Waals surface area (Å²) in [6, 6.07) is 4.90. The van der Waals surface area contributed by atoms with E-state index in [9.17, 15) is 14.3 Å². The summed E-state index contributed by atoms with van der Waals surface area (Å²) in [5.41, 5.74) is 9.48. The average Bonchev–Trinajstić information content (AvgIpc) is 3.54. The minimum absolute atomic E-state index is 0.0327. The highest BCUT2D eigenvalue weighted by Gasteiger charge is 2.37. The Bertz CT molecular complexity index is 1080. The van der Waals surface area contributed by atoms with Crippen molar-refractivity contribution in [3.05, 3.63) is 65.0 Å². The largest absolute Gasteiger partial charge is 0.405 e. The van der Waals surface area contributed by atoms with Crippen molar-refractivity contribution in [1.29, 1.82) is 0 Å². The van der Waals surface area contributed by atoms with Crippen LogP contribution in [-0.4, -0.2) is 61.3 Å². The Hall–Kier alpha value is -2.88. The van der Waals surface area contributed by atoms with Crippen LogP contribution in [0.4, 0.5) is 4.39 Å². The summed E-state index contributed by atoms with van der Waals surface area (Å²) in [5, 5.41) is 22.7. The van der Waals surface area contributed by atoms with E-state index >= 15 is 0 Å². The van der Waals surface area contributed by atoms with Crippen LogP contribution in [0.5, 0.6) is 0 Å². The lowest BCUT2D eigenvalue weighted by Crippen LogP contribution is -2.41. The van der Waals surface area contributed by atoms with Crippen LogP contribution in [0.1, 0.15) is 57.6 Å². The van der Waals surface area contributed by atoms with E-state index in [1.54, 1.807) is 0 Å². The summed E-state index contributed by atoms with van der Waals surface area (Å²) in [6.45, 7) is 6.72. The van der Waals surface area contributed by atoms with Gasteiger partial charge in [-0.15, -0.1) is 0 Å². The lowest BCUT2D eigenvalue weighted by atomic mass is 10.00. The van der Waals surface area contributed by atoms with Gasteiger partial charge in [0, 0.05) is 32.0 Å². The third kappa shape index (κ3) is 8.06. The molecule has 39 heavy (non-hydrogen) atoms. The number of nitrogens with two attached hydrogens (primary N) is 1. The first-order chi connectivity index (χ1) is 18.6. The van der Waals surface area contributed by atoms with Crippen molar-refractivity contribution in [2.75, 3.05) is 33.8 Å². The Morgan fingerprint density at radius 3 is 2.64 bits per heavy atom. The molecule has 8 nitrogen and oxygen atoms in total. The Morgan fingerprint density at radius 1 is 1.28 bits per heavy atom. The molecule has 0 saturated heterocycles. The number of hydrogen-bond donors (Lipinski definition) is 6. The second kappa shape index (κ2) is 14.0. The van der Waals surface area contributed by atoms with Crippen LogP contribution in [0.3, 0.4) is 0 Å². The molecule has 1 aliphatic heterocycles. The predicted molar refractivity (Wildman–Crippen MR) is 155 cm³/mol. The molecule has 1 heterocycles. The monoisotopic (exact) mass is 542 g/mol. The molecule has 2 unspecified atom stereocenters. The number of benzene rings is 1. The number of Topliss-reactive ketones (excluding diaryl/α,β-unsaturated/α-hetero) is 1. The molecule has 2 aliphatic rings. The summed E-state index contributed by atoms with van der Waals surface area (Å²) in [4.78, 5) is 15.4. The highest BCUT2D eigenvalue weighted by molar-refractivity contribution is 5.85. The van der Waals surface area contributed by atoms with E-state index in [0.717, 1.165) is 28.1 Å². The Morgan fingerprint density at radius 2 is 2.00 bits per heavy atom. The zero-order chi connectivity index (χ0) is 28.6. The second-order valence-electron chi connectivity index (χ2n) is 11.4. The maximum Gasteiger partial charge on any atom is 0.155 e. The molecule has 0 spiro atoms. The highest BCUT2D eigenvalue weighted by Crippen LogP contribution is 2.35. The minimum atomic E-state index is -0.497. The highest BCUT2D eigenvalue weighted by atomic mass is 19.1. The first-order valence-corrected chi connectivity index (χ1v) is 14.0. The van der Waals surface area contributed by atoms with Crippen LogP contribution < -0.4 is 27.0 Å². The number of ketones is 1. The Kier molecular flexibility index (Phi) is 11.0. The molecule has 9 heteroatoms. The third-order valence-corrected chi connectivity index (χ3v) is 7.75. The van der Waals surface area contributed by atoms with Gasteiger partial charge in [0.2, 0.25) is 0 Å². The normalized spacial score (nSPS) is 19.7. The van der Waals surface area contributed by atoms with Crippen molar-refractivity contribution in [2.45, 2.75) is 64.7 Å². The summed E-state index contributed by atoms with van der Waals surface area (Å²) < 4.78 is 14.6. The molecular weight excluding hydrogens is 495 g/mol. The number of hydrogen-bond acceptors (Lipinski definition) is 8. The summed E-state index contributed by atoms with van der Waals surface area (Å²) >= 11 is 0. The number of carbonyl (C=O) groups is 1. The number of allylic oxidation sites excluding steroid dienone is 2. The molecule has 1 saturated carbocycles. The predicted octanol–water partition coefficient (Wildman–Crippen LogP) is 2.78. The van der Waals surface area contributed by atoms with Crippen molar-refractivity contribution >= 4 is 11.4 Å². The third-order valence-electron chi connectivity index (χ3n) is 7.75. The van der Waals surface area contributed by atoms with E-state index in [-0.39, 0.29) is 36.8 Å². The minimum Gasteiger partial charge on any atom is -0.405 e. The summed E-state index contributed by atoms with van der Waals surface area (Å²) in [6.07, 6.45) is 10.3. The molecule has 3 rings (SSSR count). The van der Waals surface area contributed by atoms with Gasteiger partial charge in [-0.2, -0.15) is 0 Å². The SMILES string of the molecule is CNC/C(=C\NC(C)(C)CO)c1cc(F)cc(CNCC(=O)C(C)C2=C(/C=C\N)N(C)C(C3CCCC3)N2)c1. The first kappa shape index (κ1) is 30.7. The van der Waals surface area contributed by atoms with E-state index in [4.69, 9.17) is 5.73 Å². The van der Waals surface area contributed by atoms with Crippen molar-refractivity contribution in [3.63, 3.8) is 0 Å². The maximum absolute atomic E-state index is 14.6. The fourth-order valence-electron chi connectivity index (χ4n) is 5.36. The van der Waals surface area contributed by atoms with Gasteiger partial charge in [0.05, 0.1) is 30.3 Å². The fraction of sp³-hybridized carbons (Fsp3) is 0.567. The molecule has 0 aromatic heterocycles. The van der Waals surface area contributed by atoms with Crippen molar-refractivity contribution in [3.8, 4) is 0 Å². The van der Waals surface area contributed by atoms with Crippen LogP contribution in [-0.2, 0) is 11.3 Å². The molecule has 216 valence electrons. The molecule has 1 aromatic rings. The second-order valence-corrected chi connectivity index (χ2v) is 11.4. The maximum atomic E-state index is 14.6.